The maximum atomic E-state index is 12.1. The van der Waals surface area contributed by atoms with E-state index in [1.54, 1.807) is 7.05 Å². The van der Waals surface area contributed by atoms with Crippen LogP contribution in [-0.2, 0) is 9.59 Å². The SMILES string of the molecule is CC(C)CNC(=O)CN(C)C(=O)C(CN)CC(C)C. The van der Waals surface area contributed by atoms with E-state index in [-0.39, 0.29) is 24.3 Å². The van der Waals surface area contributed by atoms with Gasteiger partial charge in [0.1, 0.15) is 0 Å². The summed E-state index contributed by atoms with van der Waals surface area (Å²) < 4.78 is 0. The molecule has 5 nitrogen and oxygen atoms in total. The quantitative estimate of drug-likeness (QED) is 0.687. The normalized spacial score (nSPS) is 12.6. The molecule has 0 spiro atoms. The molecule has 0 fully saturated rings. The Morgan fingerprint density at radius 3 is 2.16 bits per heavy atom. The predicted octanol–water partition coefficient (Wildman–Crippen LogP) is 0.838. The summed E-state index contributed by atoms with van der Waals surface area (Å²) in [4.78, 5) is 25.3. The van der Waals surface area contributed by atoms with Crippen molar-refractivity contribution in [2.75, 3.05) is 26.7 Å². The second-order valence-corrected chi connectivity index (χ2v) is 5.95. The molecule has 1 unspecified atom stereocenters. The first-order chi connectivity index (χ1) is 8.77. The molecular weight excluding hydrogens is 242 g/mol. The van der Waals surface area contributed by atoms with Crippen molar-refractivity contribution in [2.45, 2.75) is 34.1 Å². The van der Waals surface area contributed by atoms with Crippen LogP contribution in [0.1, 0.15) is 34.1 Å². The Morgan fingerprint density at radius 2 is 1.74 bits per heavy atom. The van der Waals surface area contributed by atoms with Crippen LogP contribution in [0, 0.1) is 17.8 Å². The van der Waals surface area contributed by atoms with Crippen LogP contribution in [0.4, 0.5) is 0 Å². The molecular formula is C14H29N3O2. The van der Waals surface area contributed by atoms with E-state index >= 15 is 0 Å². The molecule has 0 aliphatic rings. The third-order valence-corrected chi connectivity index (χ3v) is 2.85. The summed E-state index contributed by atoms with van der Waals surface area (Å²) in [6.07, 6.45) is 0.757. The molecule has 112 valence electrons. The van der Waals surface area contributed by atoms with Crippen molar-refractivity contribution in [2.24, 2.45) is 23.5 Å². The highest BCUT2D eigenvalue weighted by atomic mass is 16.2. The molecule has 0 saturated heterocycles. The van der Waals surface area contributed by atoms with Gasteiger partial charge in [0, 0.05) is 20.1 Å². The summed E-state index contributed by atoms with van der Waals surface area (Å²) in [5, 5.41) is 2.80. The van der Waals surface area contributed by atoms with Crippen LogP contribution in [0.3, 0.4) is 0 Å². The van der Waals surface area contributed by atoms with E-state index in [1.807, 2.05) is 13.8 Å². The lowest BCUT2D eigenvalue weighted by Crippen LogP contribution is -2.43. The zero-order valence-electron chi connectivity index (χ0n) is 12.9. The fourth-order valence-electron chi connectivity index (χ4n) is 1.85. The Kier molecular flexibility index (Phi) is 8.39. The van der Waals surface area contributed by atoms with Gasteiger partial charge in [-0.05, 0) is 18.3 Å². The maximum absolute atomic E-state index is 12.1. The van der Waals surface area contributed by atoms with E-state index in [4.69, 9.17) is 5.73 Å². The van der Waals surface area contributed by atoms with E-state index < -0.39 is 0 Å². The number of carbonyl (C=O) groups excluding carboxylic acids is 2. The summed E-state index contributed by atoms with van der Waals surface area (Å²) in [6.45, 7) is 9.24. The lowest BCUT2D eigenvalue weighted by molar-refractivity contribution is -0.138. The molecule has 0 radical (unpaired) electrons. The van der Waals surface area contributed by atoms with Crippen molar-refractivity contribution < 1.29 is 9.59 Å². The first-order valence-electron chi connectivity index (χ1n) is 6.99. The number of nitrogens with one attached hydrogen (secondary N) is 1. The van der Waals surface area contributed by atoms with Crippen molar-refractivity contribution in [3.8, 4) is 0 Å². The molecule has 0 aromatic rings. The van der Waals surface area contributed by atoms with Gasteiger partial charge in [-0.1, -0.05) is 27.7 Å². The summed E-state index contributed by atoms with van der Waals surface area (Å²) >= 11 is 0. The zero-order valence-corrected chi connectivity index (χ0v) is 12.9. The number of carbonyl (C=O) groups is 2. The number of nitrogens with zero attached hydrogens (tertiary/aromatic N) is 1. The maximum Gasteiger partial charge on any atom is 0.239 e. The summed E-state index contributed by atoms with van der Waals surface area (Å²) in [7, 11) is 1.65. The summed E-state index contributed by atoms with van der Waals surface area (Å²) in [5.74, 6) is 0.465. The first-order valence-corrected chi connectivity index (χ1v) is 6.99. The largest absolute Gasteiger partial charge is 0.354 e. The third-order valence-electron chi connectivity index (χ3n) is 2.85. The van der Waals surface area contributed by atoms with Crippen LogP contribution in [0.25, 0.3) is 0 Å². The van der Waals surface area contributed by atoms with E-state index in [0.717, 1.165) is 6.42 Å². The Bertz CT molecular complexity index is 290. The van der Waals surface area contributed by atoms with Crippen molar-refractivity contribution in [1.29, 1.82) is 0 Å². The molecule has 5 heteroatoms. The first kappa shape index (κ1) is 17.9. The number of likely N-dealkylation sites (N-methyl/N-ethyl adjacent to an activating group) is 1. The van der Waals surface area contributed by atoms with Gasteiger partial charge in [0.15, 0.2) is 0 Å². The summed E-state index contributed by atoms with van der Waals surface area (Å²) in [6, 6.07) is 0. The van der Waals surface area contributed by atoms with Gasteiger partial charge in [0.05, 0.1) is 12.5 Å². The molecule has 0 saturated carbocycles. The highest BCUT2D eigenvalue weighted by Crippen LogP contribution is 2.12. The molecule has 2 amide bonds. The van der Waals surface area contributed by atoms with Crippen LogP contribution in [0.2, 0.25) is 0 Å². The van der Waals surface area contributed by atoms with Gasteiger partial charge in [-0.15, -0.1) is 0 Å². The fourth-order valence-corrected chi connectivity index (χ4v) is 1.85. The van der Waals surface area contributed by atoms with Gasteiger partial charge in [-0.3, -0.25) is 9.59 Å². The van der Waals surface area contributed by atoms with E-state index in [2.05, 4.69) is 19.2 Å². The van der Waals surface area contributed by atoms with Crippen molar-refractivity contribution in [3.05, 3.63) is 0 Å². The van der Waals surface area contributed by atoms with Crippen molar-refractivity contribution in [3.63, 3.8) is 0 Å². The second kappa shape index (κ2) is 8.91. The van der Waals surface area contributed by atoms with Crippen LogP contribution >= 0.6 is 0 Å². The zero-order chi connectivity index (χ0) is 15.0. The van der Waals surface area contributed by atoms with Gasteiger partial charge in [-0.25, -0.2) is 0 Å². The standard InChI is InChI=1S/C14H29N3O2/c1-10(2)6-12(7-15)14(19)17(5)9-13(18)16-8-11(3)4/h10-12H,6-9,15H2,1-5H3,(H,16,18). The topological polar surface area (TPSA) is 75.4 Å². The average molecular weight is 271 g/mol. The van der Waals surface area contributed by atoms with E-state index in [1.165, 1.54) is 4.90 Å². The fraction of sp³-hybridized carbons (Fsp3) is 0.857. The smallest absolute Gasteiger partial charge is 0.239 e. The van der Waals surface area contributed by atoms with Crippen LogP contribution in [-0.4, -0.2) is 43.4 Å². The number of nitrogens with two attached hydrogens (primary N) is 1. The highest BCUT2D eigenvalue weighted by Gasteiger charge is 2.22. The third kappa shape index (κ3) is 7.82. The van der Waals surface area contributed by atoms with E-state index in [9.17, 15) is 9.59 Å². The van der Waals surface area contributed by atoms with Crippen LogP contribution in [0.5, 0.6) is 0 Å². The van der Waals surface area contributed by atoms with Crippen LogP contribution < -0.4 is 11.1 Å². The molecule has 3 N–H and O–H groups in total. The minimum atomic E-state index is -0.192. The molecule has 0 aliphatic heterocycles. The lowest BCUT2D eigenvalue weighted by Gasteiger charge is -2.23. The molecule has 0 rings (SSSR count). The van der Waals surface area contributed by atoms with Gasteiger partial charge in [0.25, 0.3) is 0 Å². The Morgan fingerprint density at radius 1 is 1.16 bits per heavy atom. The van der Waals surface area contributed by atoms with E-state index in [0.29, 0.717) is 24.9 Å². The number of hydrogen-bond acceptors (Lipinski definition) is 3. The summed E-state index contributed by atoms with van der Waals surface area (Å²) in [5.41, 5.74) is 5.64. The Labute approximate surface area is 116 Å². The number of hydrogen-bond donors (Lipinski definition) is 2. The number of rotatable bonds is 8. The second-order valence-electron chi connectivity index (χ2n) is 5.95. The van der Waals surface area contributed by atoms with Crippen molar-refractivity contribution >= 4 is 11.8 Å². The molecule has 0 aromatic heterocycles. The predicted molar refractivity (Wildman–Crippen MR) is 77.5 cm³/mol. The molecule has 0 aromatic carbocycles. The Balaban J connectivity index is 4.27. The van der Waals surface area contributed by atoms with Gasteiger partial charge >= 0.3 is 0 Å². The molecule has 19 heavy (non-hydrogen) atoms. The van der Waals surface area contributed by atoms with Gasteiger partial charge in [-0.2, -0.15) is 0 Å². The molecule has 1 atom stereocenters. The lowest BCUT2D eigenvalue weighted by atomic mass is 9.96. The van der Waals surface area contributed by atoms with Crippen LogP contribution in [0.15, 0.2) is 0 Å². The Hall–Kier alpha value is -1.10. The van der Waals surface area contributed by atoms with Gasteiger partial charge < -0.3 is 16.0 Å². The van der Waals surface area contributed by atoms with Crippen molar-refractivity contribution in [1.82, 2.24) is 10.2 Å². The molecule has 0 bridgehead atoms. The average Bonchev–Trinajstić information content (AvgIpc) is 2.32. The highest BCUT2D eigenvalue weighted by molar-refractivity contribution is 5.85. The molecule has 0 heterocycles. The number of amides is 2. The minimum absolute atomic E-state index is 0.0455. The minimum Gasteiger partial charge on any atom is -0.354 e. The molecule has 0 aliphatic carbocycles. The monoisotopic (exact) mass is 271 g/mol. The van der Waals surface area contributed by atoms with Gasteiger partial charge in [0.2, 0.25) is 11.8 Å².